The number of hydrogen-bond acceptors (Lipinski definition) is 5. The van der Waals surface area contributed by atoms with E-state index in [2.05, 4.69) is 0 Å². The molecule has 0 saturated heterocycles. The molecule has 0 bridgehead atoms. The van der Waals surface area contributed by atoms with E-state index < -0.39 is 51.4 Å². The van der Waals surface area contributed by atoms with E-state index in [-0.39, 0.29) is 23.8 Å². The SMILES string of the molecule is O=C(Nc1c(F)c(F)c(F)c(F)c1F)c1ccc(COc2ccccc2[N+](=O)[O-])o1. The Kier molecular flexibility index (Phi) is 5.67. The van der Waals surface area contributed by atoms with Gasteiger partial charge in [-0.25, -0.2) is 22.0 Å². The molecule has 0 fully saturated rings. The van der Waals surface area contributed by atoms with E-state index in [1.165, 1.54) is 30.3 Å². The highest BCUT2D eigenvalue weighted by atomic mass is 19.2. The molecule has 3 aromatic rings. The molecule has 1 amide bonds. The van der Waals surface area contributed by atoms with Gasteiger partial charge in [-0.05, 0) is 18.2 Å². The monoisotopic (exact) mass is 428 g/mol. The average molecular weight is 428 g/mol. The normalized spacial score (nSPS) is 10.7. The molecule has 0 radical (unpaired) electrons. The zero-order chi connectivity index (χ0) is 22.0. The van der Waals surface area contributed by atoms with E-state index in [0.717, 1.165) is 6.07 Å². The first kappa shape index (κ1) is 20.8. The second-order valence-corrected chi connectivity index (χ2v) is 5.68. The smallest absolute Gasteiger partial charge is 0.310 e. The third kappa shape index (κ3) is 3.92. The fraction of sp³-hybridized carbons (Fsp3) is 0.0556. The minimum Gasteiger partial charge on any atom is -0.479 e. The number of benzene rings is 2. The second kappa shape index (κ2) is 8.19. The number of nitrogens with zero attached hydrogens (tertiary/aromatic N) is 1. The summed E-state index contributed by atoms with van der Waals surface area (Å²) in [6, 6.07) is 7.74. The van der Waals surface area contributed by atoms with Crippen LogP contribution in [0, 0.1) is 39.2 Å². The number of furan rings is 1. The van der Waals surface area contributed by atoms with E-state index in [9.17, 15) is 36.9 Å². The predicted molar refractivity (Wildman–Crippen MR) is 90.3 cm³/mol. The molecule has 0 atom stereocenters. The van der Waals surface area contributed by atoms with Crippen molar-refractivity contribution in [3.8, 4) is 5.75 Å². The van der Waals surface area contributed by atoms with Crippen LogP contribution in [0.5, 0.6) is 5.75 Å². The minimum absolute atomic E-state index is 0.00397. The number of halogens is 5. The molecule has 3 rings (SSSR count). The summed E-state index contributed by atoms with van der Waals surface area (Å²) < 4.78 is 77.1. The second-order valence-electron chi connectivity index (χ2n) is 5.68. The first-order chi connectivity index (χ1) is 14.2. The number of rotatable bonds is 6. The van der Waals surface area contributed by atoms with Gasteiger partial charge in [0, 0.05) is 6.07 Å². The van der Waals surface area contributed by atoms with Crippen LogP contribution >= 0.6 is 0 Å². The number of para-hydroxylation sites is 2. The Hall–Kier alpha value is -3.96. The van der Waals surface area contributed by atoms with E-state index in [1.807, 2.05) is 0 Å². The number of nitrogens with one attached hydrogen (secondary N) is 1. The Labute approximate surface area is 163 Å². The van der Waals surface area contributed by atoms with Gasteiger partial charge in [0.2, 0.25) is 5.82 Å². The molecule has 0 spiro atoms. The van der Waals surface area contributed by atoms with Crippen molar-refractivity contribution >= 4 is 17.3 Å². The van der Waals surface area contributed by atoms with Crippen LogP contribution in [0.25, 0.3) is 0 Å². The summed E-state index contributed by atoms with van der Waals surface area (Å²) in [7, 11) is 0. The molecule has 156 valence electrons. The van der Waals surface area contributed by atoms with Crippen molar-refractivity contribution in [2.45, 2.75) is 6.61 Å². The van der Waals surface area contributed by atoms with Crippen LogP contribution in [0.3, 0.4) is 0 Å². The zero-order valence-electron chi connectivity index (χ0n) is 14.5. The lowest BCUT2D eigenvalue weighted by molar-refractivity contribution is -0.386. The molecule has 2 aromatic carbocycles. The topological polar surface area (TPSA) is 94.6 Å². The first-order valence-electron chi connectivity index (χ1n) is 7.98. The Balaban J connectivity index is 1.75. The number of hydrogen-bond donors (Lipinski definition) is 1. The summed E-state index contributed by atoms with van der Waals surface area (Å²) >= 11 is 0. The molecule has 12 heteroatoms. The Morgan fingerprint density at radius 1 is 0.967 bits per heavy atom. The molecule has 0 unspecified atom stereocenters. The molecule has 30 heavy (non-hydrogen) atoms. The van der Waals surface area contributed by atoms with Gasteiger partial charge < -0.3 is 14.5 Å². The van der Waals surface area contributed by atoms with Gasteiger partial charge in [-0.3, -0.25) is 14.9 Å². The maximum absolute atomic E-state index is 13.7. The number of carbonyl (C=O) groups is 1. The van der Waals surface area contributed by atoms with Crippen LogP contribution in [0.2, 0.25) is 0 Å². The van der Waals surface area contributed by atoms with Crippen molar-refractivity contribution in [3.05, 3.63) is 87.1 Å². The van der Waals surface area contributed by atoms with E-state index >= 15 is 0 Å². The number of ether oxygens (including phenoxy) is 1. The van der Waals surface area contributed by atoms with Crippen molar-refractivity contribution in [2.24, 2.45) is 0 Å². The van der Waals surface area contributed by atoms with Gasteiger partial charge in [-0.1, -0.05) is 12.1 Å². The van der Waals surface area contributed by atoms with Gasteiger partial charge >= 0.3 is 5.69 Å². The van der Waals surface area contributed by atoms with Crippen LogP contribution in [-0.2, 0) is 6.61 Å². The van der Waals surface area contributed by atoms with E-state index in [4.69, 9.17) is 9.15 Å². The Morgan fingerprint density at radius 3 is 2.20 bits per heavy atom. The van der Waals surface area contributed by atoms with E-state index in [0.29, 0.717) is 0 Å². The lowest BCUT2D eigenvalue weighted by Gasteiger charge is -2.08. The van der Waals surface area contributed by atoms with Crippen LogP contribution in [-0.4, -0.2) is 10.8 Å². The van der Waals surface area contributed by atoms with Gasteiger partial charge in [-0.2, -0.15) is 0 Å². The summed E-state index contributed by atoms with van der Waals surface area (Å²) in [4.78, 5) is 22.3. The maximum atomic E-state index is 13.7. The van der Waals surface area contributed by atoms with Crippen LogP contribution in [0.1, 0.15) is 16.3 Å². The highest BCUT2D eigenvalue weighted by Gasteiger charge is 2.27. The van der Waals surface area contributed by atoms with Crippen molar-refractivity contribution in [3.63, 3.8) is 0 Å². The van der Waals surface area contributed by atoms with Crippen LogP contribution in [0.4, 0.5) is 33.3 Å². The number of nitro groups is 1. The van der Waals surface area contributed by atoms with Gasteiger partial charge in [0.05, 0.1) is 4.92 Å². The summed E-state index contributed by atoms with van der Waals surface area (Å²) in [6.45, 7) is -0.347. The highest BCUT2D eigenvalue weighted by Crippen LogP contribution is 2.29. The van der Waals surface area contributed by atoms with Crippen LogP contribution in [0.15, 0.2) is 40.8 Å². The number of anilines is 1. The molecule has 7 nitrogen and oxygen atoms in total. The average Bonchev–Trinajstić information content (AvgIpc) is 3.21. The molecule has 1 N–H and O–H groups in total. The molecule has 0 saturated carbocycles. The fourth-order valence-corrected chi connectivity index (χ4v) is 2.35. The number of nitro benzene ring substituents is 1. The molecule has 0 aliphatic heterocycles. The third-order valence-electron chi connectivity index (χ3n) is 3.77. The lowest BCUT2D eigenvalue weighted by Crippen LogP contribution is -2.16. The zero-order valence-corrected chi connectivity index (χ0v) is 14.5. The largest absolute Gasteiger partial charge is 0.479 e. The standard InChI is InChI=1S/C18H9F5N2O5/c19-12-13(20)15(22)17(16(23)14(12)21)24-18(26)11-6-5-8(30-11)7-29-10-4-2-1-3-9(10)25(27)28/h1-6H,7H2,(H,24,26). The van der Waals surface area contributed by atoms with E-state index in [1.54, 1.807) is 5.32 Å². The highest BCUT2D eigenvalue weighted by molar-refractivity contribution is 6.02. The summed E-state index contributed by atoms with van der Waals surface area (Å²) in [5, 5.41) is 12.5. The van der Waals surface area contributed by atoms with Gasteiger partial charge in [0.1, 0.15) is 18.1 Å². The van der Waals surface area contributed by atoms with Gasteiger partial charge in [-0.15, -0.1) is 0 Å². The Bertz CT molecular complexity index is 1120. The lowest BCUT2D eigenvalue weighted by atomic mass is 10.2. The summed E-state index contributed by atoms with van der Waals surface area (Å²) in [6.07, 6.45) is 0. The van der Waals surface area contributed by atoms with Crippen molar-refractivity contribution in [1.82, 2.24) is 0 Å². The molecule has 1 aromatic heterocycles. The fourth-order valence-electron chi connectivity index (χ4n) is 2.35. The van der Waals surface area contributed by atoms with Crippen molar-refractivity contribution in [1.29, 1.82) is 0 Å². The van der Waals surface area contributed by atoms with Crippen LogP contribution < -0.4 is 10.1 Å². The molecule has 0 aliphatic carbocycles. The van der Waals surface area contributed by atoms with Crippen molar-refractivity contribution < 1.29 is 40.8 Å². The van der Waals surface area contributed by atoms with Crippen molar-refractivity contribution in [2.75, 3.05) is 5.32 Å². The number of carbonyl (C=O) groups excluding carboxylic acids is 1. The van der Waals surface area contributed by atoms with Gasteiger partial charge in [0.15, 0.2) is 34.8 Å². The predicted octanol–water partition coefficient (Wildman–Crippen LogP) is 4.71. The maximum Gasteiger partial charge on any atom is 0.310 e. The summed E-state index contributed by atoms with van der Waals surface area (Å²) in [5.41, 5.74) is -1.85. The molecule has 0 aliphatic rings. The molecular weight excluding hydrogens is 419 g/mol. The first-order valence-corrected chi connectivity index (χ1v) is 7.98. The Morgan fingerprint density at radius 2 is 1.57 bits per heavy atom. The van der Waals surface area contributed by atoms with Gasteiger partial charge in [0.25, 0.3) is 5.91 Å². The molecular formula is C18H9F5N2O5. The third-order valence-corrected chi connectivity index (χ3v) is 3.77. The quantitative estimate of drug-likeness (QED) is 0.202. The summed E-state index contributed by atoms with van der Waals surface area (Å²) in [5.74, 6) is -13.1. The minimum atomic E-state index is -2.37. The molecule has 1 heterocycles. The number of amides is 1.